The van der Waals surface area contributed by atoms with Crippen LogP contribution >= 0.6 is 0 Å². The van der Waals surface area contributed by atoms with E-state index in [1.165, 1.54) is 19.2 Å². The van der Waals surface area contributed by atoms with Gasteiger partial charge in [-0.25, -0.2) is 13.1 Å². The van der Waals surface area contributed by atoms with Crippen LogP contribution in [0, 0.1) is 0 Å². The predicted molar refractivity (Wildman–Crippen MR) is 113 cm³/mol. The maximum atomic E-state index is 12.2. The number of ether oxygens (including phenoxy) is 1. The molecule has 6 nitrogen and oxygen atoms in total. The van der Waals surface area contributed by atoms with Gasteiger partial charge < -0.3 is 10.1 Å². The SMILES string of the molecule is CNS(=O)(=O)c1ccc(CCC(=O)Nc2ccc(Oc3ccccc3)cc2)cc1. The lowest BCUT2D eigenvalue weighted by atomic mass is 10.1. The minimum atomic E-state index is -3.45. The molecule has 0 heterocycles. The van der Waals surface area contributed by atoms with Gasteiger partial charge in [0.05, 0.1) is 4.90 Å². The van der Waals surface area contributed by atoms with E-state index < -0.39 is 10.0 Å². The van der Waals surface area contributed by atoms with Crippen molar-refractivity contribution in [2.75, 3.05) is 12.4 Å². The summed E-state index contributed by atoms with van der Waals surface area (Å²) in [7, 11) is -2.08. The Balaban J connectivity index is 1.50. The van der Waals surface area contributed by atoms with Gasteiger partial charge in [-0.1, -0.05) is 30.3 Å². The van der Waals surface area contributed by atoms with Crippen LogP contribution in [0.4, 0.5) is 5.69 Å². The molecule has 0 aromatic heterocycles. The van der Waals surface area contributed by atoms with Gasteiger partial charge in [-0.15, -0.1) is 0 Å². The molecule has 0 unspecified atom stereocenters. The lowest BCUT2D eigenvalue weighted by molar-refractivity contribution is -0.116. The highest BCUT2D eigenvalue weighted by molar-refractivity contribution is 7.89. The fourth-order valence-corrected chi connectivity index (χ4v) is 3.40. The van der Waals surface area contributed by atoms with Crippen molar-refractivity contribution in [2.45, 2.75) is 17.7 Å². The number of anilines is 1. The van der Waals surface area contributed by atoms with Gasteiger partial charge in [0.25, 0.3) is 0 Å². The van der Waals surface area contributed by atoms with Crippen LogP contribution in [-0.4, -0.2) is 21.4 Å². The number of hydrogen-bond acceptors (Lipinski definition) is 4. The standard InChI is InChI=1S/C22H22N2O4S/c1-23-29(26,27)21-14-7-17(8-15-21)9-16-22(25)24-18-10-12-20(13-11-18)28-19-5-3-2-4-6-19/h2-8,10-15,23H,9,16H2,1H3,(H,24,25). The smallest absolute Gasteiger partial charge is 0.240 e. The predicted octanol–water partition coefficient (Wildman–Crippen LogP) is 3.96. The molecule has 0 fully saturated rings. The van der Waals surface area contributed by atoms with Crippen LogP contribution in [0.3, 0.4) is 0 Å². The highest BCUT2D eigenvalue weighted by Gasteiger charge is 2.11. The molecule has 0 aliphatic heterocycles. The van der Waals surface area contributed by atoms with Crippen LogP contribution in [0.25, 0.3) is 0 Å². The Morgan fingerprint density at radius 3 is 2.10 bits per heavy atom. The van der Waals surface area contributed by atoms with Crippen molar-refractivity contribution in [2.24, 2.45) is 0 Å². The van der Waals surface area contributed by atoms with Gasteiger partial charge >= 0.3 is 0 Å². The Kier molecular flexibility index (Phi) is 6.64. The van der Waals surface area contributed by atoms with Gasteiger partial charge in [0, 0.05) is 12.1 Å². The van der Waals surface area contributed by atoms with Crippen LogP contribution < -0.4 is 14.8 Å². The Bertz CT molecular complexity index is 1050. The molecule has 0 atom stereocenters. The maximum absolute atomic E-state index is 12.2. The van der Waals surface area contributed by atoms with Crippen LogP contribution in [0.15, 0.2) is 83.8 Å². The molecule has 29 heavy (non-hydrogen) atoms. The molecule has 0 saturated heterocycles. The van der Waals surface area contributed by atoms with Crippen molar-refractivity contribution in [1.29, 1.82) is 0 Å². The Morgan fingerprint density at radius 2 is 1.48 bits per heavy atom. The minimum absolute atomic E-state index is 0.117. The van der Waals surface area contributed by atoms with Crippen molar-refractivity contribution in [3.63, 3.8) is 0 Å². The molecule has 0 spiro atoms. The molecule has 3 aromatic carbocycles. The molecule has 2 N–H and O–H groups in total. The normalized spacial score (nSPS) is 11.1. The van der Waals surface area contributed by atoms with Crippen LogP contribution in [-0.2, 0) is 21.2 Å². The molecule has 0 aliphatic carbocycles. The van der Waals surface area contributed by atoms with Gasteiger partial charge in [-0.3, -0.25) is 4.79 Å². The molecular formula is C22H22N2O4S. The average molecular weight is 410 g/mol. The second-order valence-corrected chi connectivity index (χ2v) is 8.23. The highest BCUT2D eigenvalue weighted by atomic mass is 32.2. The molecule has 0 bridgehead atoms. The third-order valence-electron chi connectivity index (χ3n) is 4.26. The topological polar surface area (TPSA) is 84.5 Å². The van der Waals surface area contributed by atoms with E-state index in [1.54, 1.807) is 36.4 Å². The molecular weight excluding hydrogens is 388 g/mol. The van der Waals surface area contributed by atoms with E-state index in [2.05, 4.69) is 10.0 Å². The molecule has 3 aromatic rings. The number of nitrogens with one attached hydrogen (secondary N) is 2. The van der Waals surface area contributed by atoms with E-state index >= 15 is 0 Å². The van der Waals surface area contributed by atoms with Gasteiger partial charge in [0.1, 0.15) is 11.5 Å². The molecule has 0 aliphatic rings. The summed E-state index contributed by atoms with van der Waals surface area (Å²) in [5.74, 6) is 1.32. The van der Waals surface area contributed by atoms with Crippen molar-refractivity contribution in [1.82, 2.24) is 4.72 Å². The summed E-state index contributed by atoms with van der Waals surface area (Å²) >= 11 is 0. The van der Waals surface area contributed by atoms with Crippen LogP contribution in [0.2, 0.25) is 0 Å². The number of sulfonamides is 1. The number of amides is 1. The first kappa shape index (κ1) is 20.6. The number of hydrogen-bond donors (Lipinski definition) is 2. The number of carbonyl (C=O) groups excluding carboxylic acids is 1. The quantitative estimate of drug-likeness (QED) is 0.589. The lowest BCUT2D eigenvalue weighted by Crippen LogP contribution is -2.18. The number of aryl methyl sites for hydroxylation is 1. The largest absolute Gasteiger partial charge is 0.457 e. The van der Waals surface area contributed by atoms with E-state index in [1.807, 2.05) is 30.3 Å². The second-order valence-electron chi connectivity index (χ2n) is 6.34. The fourth-order valence-electron chi connectivity index (χ4n) is 2.67. The van der Waals surface area contributed by atoms with Crippen molar-refractivity contribution in [3.05, 3.63) is 84.4 Å². The lowest BCUT2D eigenvalue weighted by Gasteiger charge is -2.08. The first-order valence-electron chi connectivity index (χ1n) is 9.11. The summed E-state index contributed by atoms with van der Waals surface area (Å²) in [5, 5.41) is 2.85. The van der Waals surface area contributed by atoms with E-state index in [0.717, 1.165) is 11.3 Å². The van der Waals surface area contributed by atoms with Crippen molar-refractivity contribution >= 4 is 21.6 Å². The van der Waals surface area contributed by atoms with E-state index in [-0.39, 0.29) is 10.8 Å². The summed E-state index contributed by atoms with van der Waals surface area (Å²) in [6.07, 6.45) is 0.807. The zero-order valence-electron chi connectivity index (χ0n) is 16.0. The first-order chi connectivity index (χ1) is 14.0. The second kappa shape index (κ2) is 9.36. The van der Waals surface area contributed by atoms with Gasteiger partial charge in [-0.2, -0.15) is 0 Å². The molecule has 150 valence electrons. The summed E-state index contributed by atoms with van der Waals surface area (Å²) in [5.41, 5.74) is 1.58. The number of benzene rings is 3. The first-order valence-corrected chi connectivity index (χ1v) is 10.6. The molecule has 0 radical (unpaired) electrons. The van der Waals surface area contributed by atoms with Crippen LogP contribution in [0.1, 0.15) is 12.0 Å². The van der Waals surface area contributed by atoms with E-state index in [9.17, 15) is 13.2 Å². The Labute approximate surface area is 170 Å². The third kappa shape index (κ3) is 5.91. The van der Waals surface area contributed by atoms with Gasteiger partial charge in [0.15, 0.2) is 0 Å². The third-order valence-corrected chi connectivity index (χ3v) is 5.69. The zero-order valence-corrected chi connectivity index (χ0v) is 16.8. The Morgan fingerprint density at radius 1 is 0.862 bits per heavy atom. The maximum Gasteiger partial charge on any atom is 0.240 e. The van der Waals surface area contributed by atoms with Gasteiger partial charge in [0.2, 0.25) is 15.9 Å². The zero-order chi connectivity index (χ0) is 20.7. The van der Waals surface area contributed by atoms with Crippen molar-refractivity contribution in [3.8, 4) is 11.5 Å². The summed E-state index contributed by atoms with van der Waals surface area (Å²) in [4.78, 5) is 12.4. The summed E-state index contributed by atoms with van der Waals surface area (Å²) in [6, 6.07) is 23.1. The molecule has 3 rings (SSSR count). The molecule has 1 amide bonds. The molecule has 0 saturated carbocycles. The fraction of sp³-hybridized carbons (Fsp3) is 0.136. The Hall–Kier alpha value is -3.16. The number of rotatable bonds is 8. The number of para-hydroxylation sites is 1. The van der Waals surface area contributed by atoms with E-state index in [4.69, 9.17) is 4.74 Å². The summed E-state index contributed by atoms with van der Waals surface area (Å²) in [6.45, 7) is 0. The average Bonchev–Trinajstić information content (AvgIpc) is 2.75. The van der Waals surface area contributed by atoms with Crippen LogP contribution in [0.5, 0.6) is 11.5 Å². The van der Waals surface area contributed by atoms with E-state index in [0.29, 0.717) is 24.3 Å². The van der Waals surface area contributed by atoms with Crippen molar-refractivity contribution < 1.29 is 17.9 Å². The highest BCUT2D eigenvalue weighted by Crippen LogP contribution is 2.22. The molecule has 7 heteroatoms. The minimum Gasteiger partial charge on any atom is -0.457 e. The number of carbonyl (C=O) groups is 1. The monoisotopic (exact) mass is 410 g/mol. The summed E-state index contributed by atoms with van der Waals surface area (Å²) < 4.78 is 31.4. The van der Waals surface area contributed by atoms with Gasteiger partial charge in [-0.05, 0) is 67.6 Å².